The second-order valence-electron chi connectivity index (χ2n) is 20.8. The van der Waals surface area contributed by atoms with Crippen molar-refractivity contribution in [3.05, 3.63) is 54.1 Å². The summed E-state index contributed by atoms with van der Waals surface area (Å²) in [6, 6.07) is 13.5. The molecular formula is C54H77N10O17P. The van der Waals surface area contributed by atoms with E-state index in [0.717, 1.165) is 43.0 Å². The lowest BCUT2D eigenvalue weighted by Crippen LogP contribution is -2.47. The number of ketones is 1. The first-order valence-electron chi connectivity index (χ1n) is 27.4. The van der Waals surface area contributed by atoms with E-state index in [1.807, 2.05) is 65.2 Å². The van der Waals surface area contributed by atoms with E-state index < -0.39 is 112 Å². The van der Waals surface area contributed by atoms with Gasteiger partial charge in [0.25, 0.3) is 0 Å². The molecule has 8 N–H and O–H groups in total. The van der Waals surface area contributed by atoms with Crippen LogP contribution in [0.5, 0.6) is 0 Å². The molecule has 28 heteroatoms. The van der Waals surface area contributed by atoms with Gasteiger partial charge in [-0.1, -0.05) is 47.7 Å². The molecule has 3 unspecified atom stereocenters. The zero-order valence-electron chi connectivity index (χ0n) is 46.4. The summed E-state index contributed by atoms with van der Waals surface area (Å²) in [5.41, 5.74) is 4.23. The number of para-hydroxylation sites is 1. The number of nitrogens with one attached hydrogen (secondary N) is 2. The Kier molecular flexibility index (Phi) is 26.2. The van der Waals surface area contributed by atoms with Crippen molar-refractivity contribution in [2.45, 2.75) is 89.8 Å². The van der Waals surface area contributed by atoms with Gasteiger partial charge in [-0.2, -0.15) is 0 Å². The van der Waals surface area contributed by atoms with Crippen molar-refractivity contribution in [3.8, 4) is 22.5 Å². The number of nitrogens with zero attached hydrogens (tertiary/aromatic N) is 8. The number of hydrogen-bond donors (Lipinski definition) is 8. The van der Waals surface area contributed by atoms with Crippen LogP contribution in [0.1, 0.15) is 76.2 Å². The van der Waals surface area contributed by atoms with Crippen molar-refractivity contribution in [1.82, 2.24) is 45.2 Å². The average molecular weight is 1170 g/mol. The topological polar surface area (TPSA) is 372 Å². The fraction of sp³-hybridized carbons (Fsp3) is 0.574. The number of aryl methyl sites for hydroxylation is 1. The molecule has 2 aliphatic rings. The molecule has 1 fully saturated rings. The molecule has 3 heterocycles. The standard InChI is InChI=1S/C54H77N10O17P/c1-59-23-24-60(2)26-28-62(35-49(71)72)30-29-61(27-25-59)34-46(67)55-21-9-22-64-51-41-11-4-3-10-38(41)33-63(44-13-6-5-12-42(44)50(51)57-58-64)47(68)15-8-7-14-45(66)56-43(54(77)78)18-17-40(65)32-37(52(73)74)20-31-81-82(79,80)36-39(53(75)76)16-19-48(69)70/h3-6,10-13,37,39,43H,7-9,14-36H2,1-2H3,(H,55,67)(H,56,66)(H,69,70)(H,71,72)(H,73,74)(H,75,76)(H,77,78)(H,79,80)/t37?,39?,43-/m1/s1. The number of unbranched alkanes of at least 4 members (excludes halogenated alkanes) is 1. The van der Waals surface area contributed by atoms with Gasteiger partial charge < -0.3 is 60.3 Å². The fourth-order valence-corrected chi connectivity index (χ4v) is 11.0. The molecule has 1 aromatic heterocycles. The molecule has 5 rings (SSSR count). The highest BCUT2D eigenvalue weighted by molar-refractivity contribution is 7.52. The predicted molar refractivity (Wildman–Crippen MR) is 296 cm³/mol. The van der Waals surface area contributed by atoms with Crippen LogP contribution in [-0.2, 0) is 65.3 Å². The van der Waals surface area contributed by atoms with E-state index in [1.54, 1.807) is 4.90 Å². The normalized spacial score (nSPS) is 16.6. The molecule has 1 saturated heterocycles. The third kappa shape index (κ3) is 21.7. The van der Waals surface area contributed by atoms with E-state index in [4.69, 9.17) is 9.63 Å². The summed E-state index contributed by atoms with van der Waals surface area (Å²) in [4.78, 5) is 131. The molecule has 3 amide bonds. The number of carbonyl (C=O) groups excluding carboxylic acids is 4. The van der Waals surface area contributed by atoms with Gasteiger partial charge in [-0.15, -0.1) is 5.10 Å². The number of hydrogen-bond acceptors (Lipinski definition) is 17. The molecule has 0 bridgehead atoms. The SMILES string of the molecule is CN1CCN(C)CCN(CC(=O)NCCCn2nnc3c2-c2ccccc2CN(C(=O)CCCCC(=O)N[C@H](CCC(=O)CC(CCOP(=O)(O)CC(CCC(=O)O)C(=O)O)C(=O)O)C(=O)O)c2ccccc2-3)CCN(CC(=O)O)CC1. The van der Waals surface area contributed by atoms with Gasteiger partial charge >= 0.3 is 37.4 Å². The number of carbonyl (C=O) groups is 9. The molecule has 4 atom stereocenters. The highest BCUT2D eigenvalue weighted by atomic mass is 31.2. The number of aromatic nitrogens is 3. The number of aliphatic carboxylic acids is 5. The summed E-state index contributed by atoms with van der Waals surface area (Å²) in [5.74, 6) is -11.2. The first kappa shape index (κ1) is 65.8. The van der Waals surface area contributed by atoms with Crippen molar-refractivity contribution in [3.63, 3.8) is 0 Å². The maximum atomic E-state index is 14.2. The number of benzene rings is 2. The molecule has 3 aromatic rings. The van der Waals surface area contributed by atoms with Gasteiger partial charge in [0.1, 0.15) is 17.5 Å². The van der Waals surface area contributed by atoms with Gasteiger partial charge in [0.15, 0.2) is 0 Å². The van der Waals surface area contributed by atoms with Crippen LogP contribution in [0.15, 0.2) is 48.5 Å². The Morgan fingerprint density at radius 2 is 1.27 bits per heavy atom. The third-order valence-corrected chi connectivity index (χ3v) is 15.8. The Bertz CT molecular complexity index is 2760. The van der Waals surface area contributed by atoms with Gasteiger partial charge in [-0.05, 0) is 64.3 Å². The number of carboxylic acids is 5. The smallest absolute Gasteiger partial charge is 0.328 e. The molecule has 27 nitrogen and oxygen atoms in total. The van der Waals surface area contributed by atoms with Gasteiger partial charge in [0, 0.05) is 109 Å². The number of amides is 3. The molecular weight excluding hydrogens is 1090 g/mol. The Morgan fingerprint density at radius 3 is 1.91 bits per heavy atom. The zero-order valence-corrected chi connectivity index (χ0v) is 47.3. The van der Waals surface area contributed by atoms with Crippen LogP contribution in [0, 0.1) is 11.8 Å². The molecule has 450 valence electrons. The Morgan fingerprint density at radius 1 is 0.659 bits per heavy atom. The fourth-order valence-electron chi connectivity index (χ4n) is 9.59. The highest BCUT2D eigenvalue weighted by Crippen LogP contribution is 2.45. The lowest BCUT2D eigenvalue weighted by Gasteiger charge is -2.31. The summed E-state index contributed by atoms with van der Waals surface area (Å²) in [5, 5.41) is 61.8. The molecule has 2 aliphatic heterocycles. The largest absolute Gasteiger partial charge is 0.481 e. The second kappa shape index (κ2) is 32.6. The van der Waals surface area contributed by atoms with E-state index in [9.17, 15) is 73.0 Å². The minimum absolute atomic E-state index is 0.0307. The van der Waals surface area contributed by atoms with Gasteiger partial charge in [0.05, 0.1) is 55.6 Å². The number of anilines is 1. The molecule has 2 aromatic carbocycles. The van der Waals surface area contributed by atoms with Gasteiger partial charge in [-0.3, -0.25) is 52.7 Å². The maximum Gasteiger partial charge on any atom is 0.328 e. The van der Waals surface area contributed by atoms with E-state index in [2.05, 4.69) is 42.7 Å². The van der Waals surface area contributed by atoms with Crippen molar-refractivity contribution in [2.24, 2.45) is 11.8 Å². The van der Waals surface area contributed by atoms with E-state index in [0.29, 0.717) is 62.6 Å². The first-order valence-corrected chi connectivity index (χ1v) is 29.2. The molecule has 0 spiro atoms. The zero-order chi connectivity index (χ0) is 59.9. The lowest BCUT2D eigenvalue weighted by atomic mass is 9.95. The van der Waals surface area contributed by atoms with Crippen LogP contribution < -0.4 is 15.5 Å². The second-order valence-corrected chi connectivity index (χ2v) is 22.7. The summed E-state index contributed by atoms with van der Waals surface area (Å²) < 4.78 is 19.2. The Labute approximate surface area is 475 Å². The third-order valence-electron chi connectivity index (χ3n) is 14.4. The van der Waals surface area contributed by atoms with Crippen LogP contribution in [0.2, 0.25) is 0 Å². The van der Waals surface area contributed by atoms with Crippen molar-refractivity contribution in [1.29, 1.82) is 0 Å². The lowest BCUT2D eigenvalue weighted by molar-refractivity contribution is -0.145. The molecule has 0 radical (unpaired) electrons. The van der Waals surface area contributed by atoms with E-state index in [-0.39, 0.29) is 63.6 Å². The highest BCUT2D eigenvalue weighted by Gasteiger charge is 2.33. The molecule has 0 saturated carbocycles. The number of rotatable bonds is 31. The Hall–Kier alpha value is -7.00. The minimum atomic E-state index is -4.61. The Balaban J connectivity index is 1.11. The summed E-state index contributed by atoms with van der Waals surface area (Å²) in [7, 11) is -0.523. The van der Waals surface area contributed by atoms with E-state index >= 15 is 0 Å². The van der Waals surface area contributed by atoms with Crippen LogP contribution in [-0.4, -0.2) is 223 Å². The van der Waals surface area contributed by atoms with Crippen molar-refractivity contribution >= 4 is 66.6 Å². The number of Topliss-reactive ketones (excluding diaryl/α,β-unsaturated/α-hetero) is 1. The summed E-state index contributed by atoms with van der Waals surface area (Å²) in [6.07, 6.45) is -2.91. The summed E-state index contributed by atoms with van der Waals surface area (Å²) >= 11 is 0. The van der Waals surface area contributed by atoms with Crippen LogP contribution in [0.4, 0.5) is 5.69 Å². The van der Waals surface area contributed by atoms with Crippen LogP contribution >= 0.6 is 7.60 Å². The first-order chi connectivity index (χ1) is 39.0. The van der Waals surface area contributed by atoms with Crippen LogP contribution in [0.25, 0.3) is 22.5 Å². The number of carboxylic acid groups (broad SMARTS) is 5. The monoisotopic (exact) mass is 1170 g/mol. The van der Waals surface area contributed by atoms with Gasteiger partial charge in [0.2, 0.25) is 17.7 Å². The van der Waals surface area contributed by atoms with E-state index in [1.165, 1.54) is 0 Å². The number of fused-ring (bicyclic) bond motifs is 5. The molecule has 0 aliphatic carbocycles. The minimum Gasteiger partial charge on any atom is -0.481 e. The van der Waals surface area contributed by atoms with Crippen LogP contribution in [0.3, 0.4) is 0 Å². The number of likely N-dealkylation sites (N-methyl/N-ethyl adjacent to an activating group) is 2. The average Bonchev–Trinajstić information content (AvgIpc) is 3.98. The molecule has 82 heavy (non-hydrogen) atoms. The van der Waals surface area contributed by atoms with Gasteiger partial charge in [-0.25, -0.2) is 9.48 Å². The van der Waals surface area contributed by atoms with Crippen molar-refractivity contribution in [2.75, 3.05) is 104 Å². The quantitative estimate of drug-likeness (QED) is 0.0338. The maximum absolute atomic E-state index is 14.2. The summed E-state index contributed by atoms with van der Waals surface area (Å²) in [6.45, 7) is 5.90. The van der Waals surface area contributed by atoms with Crippen molar-refractivity contribution < 1.29 is 82.7 Å². The predicted octanol–water partition coefficient (Wildman–Crippen LogP) is 2.26.